The molecule has 6 heteroatoms. The van der Waals surface area contributed by atoms with Crippen molar-refractivity contribution < 1.29 is 14.0 Å². The SMILES string of the molecule is CC(=O)N(C)Cc1ccccc1NC(=O)c1cc2c(F)cccc2s1. The zero-order chi connectivity index (χ0) is 18.0. The highest BCUT2D eigenvalue weighted by molar-refractivity contribution is 7.20. The number of fused-ring (bicyclic) bond motifs is 1. The average Bonchev–Trinajstić information content (AvgIpc) is 3.02. The van der Waals surface area contributed by atoms with E-state index in [-0.39, 0.29) is 17.6 Å². The van der Waals surface area contributed by atoms with E-state index >= 15 is 0 Å². The molecular weight excluding hydrogens is 339 g/mol. The smallest absolute Gasteiger partial charge is 0.265 e. The van der Waals surface area contributed by atoms with E-state index in [1.54, 1.807) is 36.2 Å². The number of hydrogen-bond donors (Lipinski definition) is 1. The molecule has 0 aliphatic heterocycles. The Morgan fingerprint density at radius 1 is 1.16 bits per heavy atom. The maximum Gasteiger partial charge on any atom is 0.265 e. The molecule has 4 nitrogen and oxygen atoms in total. The summed E-state index contributed by atoms with van der Waals surface area (Å²) in [5.41, 5.74) is 1.47. The molecule has 0 aliphatic rings. The van der Waals surface area contributed by atoms with Crippen LogP contribution in [0.1, 0.15) is 22.2 Å². The Hall–Kier alpha value is -2.73. The zero-order valence-electron chi connectivity index (χ0n) is 13.9. The monoisotopic (exact) mass is 356 g/mol. The quantitative estimate of drug-likeness (QED) is 0.759. The third-order valence-corrected chi connectivity index (χ3v) is 5.04. The molecule has 3 aromatic rings. The Morgan fingerprint density at radius 2 is 1.92 bits per heavy atom. The van der Waals surface area contributed by atoms with Crippen LogP contribution >= 0.6 is 11.3 Å². The summed E-state index contributed by atoms with van der Waals surface area (Å²) >= 11 is 1.25. The molecule has 25 heavy (non-hydrogen) atoms. The first kappa shape index (κ1) is 17.1. The first-order valence-electron chi connectivity index (χ1n) is 7.74. The molecule has 128 valence electrons. The molecule has 0 fully saturated rings. The summed E-state index contributed by atoms with van der Waals surface area (Å²) < 4.78 is 14.5. The molecule has 2 aromatic carbocycles. The van der Waals surface area contributed by atoms with E-state index in [1.165, 1.54) is 24.3 Å². The third kappa shape index (κ3) is 3.69. The highest BCUT2D eigenvalue weighted by atomic mass is 32.1. The molecule has 0 bridgehead atoms. The van der Waals surface area contributed by atoms with Gasteiger partial charge in [0.25, 0.3) is 5.91 Å². The van der Waals surface area contributed by atoms with Gasteiger partial charge in [-0.25, -0.2) is 4.39 Å². The minimum absolute atomic E-state index is 0.0545. The normalized spacial score (nSPS) is 10.7. The van der Waals surface area contributed by atoms with Crippen LogP contribution in [0.3, 0.4) is 0 Å². The predicted molar refractivity (Wildman–Crippen MR) is 98.3 cm³/mol. The van der Waals surface area contributed by atoms with Crippen LogP contribution in [-0.4, -0.2) is 23.8 Å². The fourth-order valence-electron chi connectivity index (χ4n) is 2.47. The summed E-state index contributed by atoms with van der Waals surface area (Å²) in [5.74, 6) is -0.684. The lowest BCUT2D eigenvalue weighted by atomic mass is 10.1. The number of para-hydroxylation sites is 1. The number of hydrogen-bond acceptors (Lipinski definition) is 3. The van der Waals surface area contributed by atoms with E-state index in [0.29, 0.717) is 22.5 Å². The molecule has 0 atom stereocenters. The molecule has 1 N–H and O–H groups in total. The second kappa shape index (κ2) is 7.03. The van der Waals surface area contributed by atoms with Crippen LogP contribution in [0.4, 0.5) is 10.1 Å². The molecule has 1 heterocycles. The third-order valence-electron chi connectivity index (χ3n) is 3.94. The number of thiophene rings is 1. The van der Waals surface area contributed by atoms with E-state index in [1.807, 2.05) is 18.2 Å². The number of benzene rings is 2. The minimum Gasteiger partial charge on any atom is -0.342 e. The summed E-state index contributed by atoms with van der Waals surface area (Å²) in [4.78, 5) is 26.0. The maximum atomic E-state index is 13.8. The van der Waals surface area contributed by atoms with Crippen molar-refractivity contribution in [1.82, 2.24) is 4.90 Å². The lowest BCUT2D eigenvalue weighted by Gasteiger charge is -2.17. The van der Waals surface area contributed by atoms with Gasteiger partial charge < -0.3 is 10.2 Å². The van der Waals surface area contributed by atoms with Crippen molar-refractivity contribution >= 4 is 38.9 Å². The number of amides is 2. The number of rotatable bonds is 4. The lowest BCUT2D eigenvalue weighted by Crippen LogP contribution is -2.24. The van der Waals surface area contributed by atoms with Crippen LogP contribution in [0.25, 0.3) is 10.1 Å². The first-order valence-corrected chi connectivity index (χ1v) is 8.56. The van der Waals surface area contributed by atoms with Gasteiger partial charge in [0.15, 0.2) is 0 Å². The highest BCUT2D eigenvalue weighted by Gasteiger charge is 2.15. The Bertz CT molecular complexity index is 952. The Kier molecular flexibility index (Phi) is 4.81. The van der Waals surface area contributed by atoms with Gasteiger partial charge in [-0.05, 0) is 29.8 Å². The van der Waals surface area contributed by atoms with Crippen LogP contribution in [-0.2, 0) is 11.3 Å². The maximum absolute atomic E-state index is 13.8. The van der Waals surface area contributed by atoms with Gasteiger partial charge in [-0.15, -0.1) is 11.3 Å². The molecule has 1 aromatic heterocycles. The van der Waals surface area contributed by atoms with Crippen LogP contribution < -0.4 is 5.32 Å². The van der Waals surface area contributed by atoms with Gasteiger partial charge in [0.05, 0.1) is 4.88 Å². The second-order valence-corrected chi connectivity index (χ2v) is 6.83. The molecule has 0 spiro atoms. The van der Waals surface area contributed by atoms with Crippen LogP contribution in [0, 0.1) is 5.82 Å². The molecule has 2 amide bonds. The molecule has 0 aliphatic carbocycles. The van der Waals surface area contributed by atoms with Gasteiger partial charge in [-0.3, -0.25) is 9.59 Å². The topological polar surface area (TPSA) is 49.4 Å². The summed E-state index contributed by atoms with van der Waals surface area (Å²) in [5, 5.41) is 3.31. The summed E-state index contributed by atoms with van der Waals surface area (Å²) in [6.45, 7) is 1.89. The van der Waals surface area contributed by atoms with Crippen molar-refractivity contribution in [1.29, 1.82) is 0 Å². The van der Waals surface area contributed by atoms with Gasteiger partial charge >= 0.3 is 0 Å². The van der Waals surface area contributed by atoms with E-state index in [2.05, 4.69) is 5.32 Å². The summed E-state index contributed by atoms with van der Waals surface area (Å²) in [7, 11) is 1.70. The predicted octanol–water partition coefficient (Wildman–Crippen LogP) is 4.27. The number of carbonyl (C=O) groups is 2. The highest BCUT2D eigenvalue weighted by Crippen LogP contribution is 2.28. The Morgan fingerprint density at radius 3 is 2.64 bits per heavy atom. The van der Waals surface area contributed by atoms with E-state index in [4.69, 9.17) is 0 Å². The minimum atomic E-state index is -0.337. The molecule has 0 saturated carbocycles. The molecule has 0 saturated heterocycles. The zero-order valence-corrected chi connectivity index (χ0v) is 14.7. The van der Waals surface area contributed by atoms with Gasteiger partial charge in [0.1, 0.15) is 5.82 Å². The van der Waals surface area contributed by atoms with Crippen molar-refractivity contribution in [3.8, 4) is 0 Å². The number of nitrogens with zero attached hydrogens (tertiary/aromatic N) is 1. The van der Waals surface area contributed by atoms with Crippen LogP contribution in [0.2, 0.25) is 0 Å². The standard InChI is InChI=1S/C19H17FN2O2S/c1-12(23)22(2)11-13-6-3-4-8-16(13)21-19(24)18-10-14-15(20)7-5-9-17(14)25-18/h3-10H,11H2,1-2H3,(H,21,24). The summed E-state index contributed by atoms with van der Waals surface area (Å²) in [6.07, 6.45) is 0. The van der Waals surface area contributed by atoms with Crippen molar-refractivity contribution in [3.05, 3.63) is 64.8 Å². The fraction of sp³-hybridized carbons (Fsp3) is 0.158. The van der Waals surface area contributed by atoms with E-state index in [0.717, 1.165) is 10.3 Å². The average molecular weight is 356 g/mol. The van der Waals surface area contributed by atoms with E-state index in [9.17, 15) is 14.0 Å². The van der Waals surface area contributed by atoms with E-state index < -0.39 is 0 Å². The number of anilines is 1. The number of nitrogens with one attached hydrogen (secondary N) is 1. The van der Waals surface area contributed by atoms with Crippen molar-refractivity contribution in [3.63, 3.8) is 0 Å². The molecule has 3 rings (SSSR count). The van der Waals surface area contributed by atoms with Crippen molar-refractivity contribution in [2.24, 2.45) is 0 Å². The van der Waals surface area contributed by atoms with Gasteiger partial charge in [0, 0.05) is 36.3 Å². The molecule has 0 unspecified atom stereocenters. The lowest BCUT2D eigenvalue weighted by molar-refractivity contribution is -0.128. The second-order valence-electron chi connectivity index (χ2n) is 5.75. The Labute approximate surface area is 148 Å². The fourth-order valence-corrected chi connectivity index (χ4v) is 3.44. The van der Waals surface area contributed by atoms with Crippen molar-refractivity contribution in [2.75, 3.05) is 12.4 Å². The number of halogens is 1. The summed E-state index contributed by atoms with van der Waals surface area (Å²) in [6, 6.07) is 13.7. The van der Waals surface area contributed by atoms with Gasteiger partial charge in [-0.2, -0.15) is 0 Å². The van der Waals surface area contributed by atoms with Gasteiger partial charge in [0.2, 0.25) is 5.91 Å². The van der Waals surface area contributed by atoms with Crippen LogP contribution in [0.5, 0.6) is 0 Å². The Balaban J connectivity index is 1.85. The van der Waals surface area contributed by atoms with Gasteiger partial charge in [-0.1, -0.05) is 24.3 Å². The number of carbonyl (C=O) groups excluding carboxylic acids is 2. The van der Waals surface area contributed by atoms with Crippen LogP contribution in [0.15, 0.2) is 48.5 Å². The molecule has 0 radical (unpaired) electrons. The van der Waals surface area contributed by atoms with Crippen molar-refractivity contribution in [2.45, 2.75) is 13.5 Å². The first-order chi connectivity index (χ1) is 12.0. The molecular formula is C19H17FN2O2S. The largest absolute Gasteiger partial charge is 0.342 e.